The summed E-state index contributed by atoms with van der Waals surface area (Å²) in [7, 11) is 0. The highest BCUT2D eigenvalue weighted by Crippen LogP contribution is 2.29. The fourth-order valence-electron chi connectivity index (χ4n) is 1.44. The van der Waals surface area contributed by atoms with Crippen molar-refractivity contribution in [2.24, 2.45) is 0 Å². The highest BCUT2D eigenvalue weighted by Gasteiger charge is 1.99. The van der Waals surface area contributed by atoms with Gasteiger partial charge >= 0.3 is 0 Å². The molecule has 0 aliphatic carbocycles. The van der Waals surface area contributed by atoms with Gasteiger partial charge in [0.25, 0.3) is 0 Å². The molecule has 1 aromatic rings. The maximum Gasteiger partial charge on any atom is 0.0118 e. The first-order valence-electron chi connectivity index (χ1n) is 5.75. The van der Waals surface area contributed by atoms with Crippen LogP contribution < -0.4 is 0 Å². The van der Waals surface area contributed by atoms with Crippen LogP contribution in [-0.2, 0) is 0 Å². The third kappa shape index (κ3) is 5.08. The van der Waals surface area contributed by atoms with Gasteiger partial charge in [-0.15, -0.1) is 0 Å². The maximum atomic E-state index is 2.25. The molecule has 0 bridgehead atoms. The number of benzene rings is 1. The van der Waals surface area contributed by atoms with Gasteiger partial charge in [0.1, 0.15) is 0 Å². The van der Waals surface area contributed by atoms with Crippen molar-refractivity contribution in [1.82, 2.24) is 0 Å². The van der Waals surface area contributed by atoms with E-state index < -0.39 is 0 Å². The standard InChI is InChI=1S/C14H20S/c1-3-5-7-10-13(4-2)15-14-11-8-6-9-12-14/h4,6,8-9,11-12H,3,5,7,10H2,1-2H3/b13-4-. The van der Waals surface area contributed by atoms with Crippen LogP contribution in [0.2, 0.25) is 0 Å². The predicted octanol–water partition coefficient (Wildman–Crippen LogP) is 5.26. The third-order valence-electron chi connectivity index (χ3n) is 2.34. The second-order valence-electron chi connectivity index (χ2n) is 3.63. The molecule has 0 amide bonds. The number of allylic oxidation sites excluding steroid dienone is 2. The Bertz CT molecular complexity index is 287. The van der Waals surface area contributed by atoms with E-state index in [0.29, 0.717) is 0 Å². The van der Waals surface area contributed by atoms with E-state index in [4.69, 9.17) is 0 Å². The van der Waals surface area contributed by atoms with Gasteiger partial charge < -0.3 is 0 Å². The average molecular weight is 220 g/mol. The second kappa shape index (κ2) is 7.58. The molecule has 0 aliphatic rings. The molecule has 0 N–H and O–H groups in total. The van der Waals surface area contributed by atoms with Crippen molar-refractivity contribution in [2.45, 2.75) is 44.4 Å². The van der Waals surface area contributed by atoms with Crippen LogP contribution in [0, 0.1) is 0 Å². The van der Waals surface area contributed by atoms with E-state index in [2.05, 4.69) is 50.3 Å². The highest BCUT2D eigenvalue weighted by atomic mass is 32.2. The number of hydrogen-bond acceptors (Lipinski definition) is 1. The van der Waals surface area contributed by atoms with Crippen LogP contribution in [0.25, 0.3) is 0 Å². The fourth-order valence-corrected chi connectivity index (χ4v) is 2.40. The molecule has 0 nitrogen and oxygen atoms in total. The van der Waals surface area contributed by atoms with Crippen molar-refractivity contribution in [2.75, 3.05) is 0 Å². The maximum absolute atomic E-state index is 2.25. The average Bonchev–Trinajstić information content (AvgIpc) is 2.29. The Morgan fingerprint density at radius 1 is 1.20 bits per heavy atom. The van der Waals surface area contributed by atoms with Crippen LogP contribution in [0.3, 0.4) is 0 Å². The van der Waals surface area contributed by atoms with Crippen molar-refractivity contribution >= 4 is 11.8 Å². The van der Waals surface area contributed by atoms with Crippen LogP contribution in [0.15, 0.2) is 46.2 Å². The van der Waals surface area contributed by atoms with Crippen molar-refractivity contribution < 1.29 is 0 Å². The minimum absolute atomic E-state index is 1.23. The lowest BCUT2D eigenvalue weighted by atomic mass is 10.2. The number of thioether (sulfide) groups is 1. The van der Waals surface area contributed by atoms with Crippen LogP contribution >= 0.6 is 11.8 Å². The number of unbranched alkanes of at least 4 members (excludes halogenated alkanes) is 2. The van der Waals surface area contributed by atoms with Gasteiger partial charge in [-0.25, -0.2) is 0 Å². The molecule has 0 spiro atoms. The lowest BCUT2D eigenvalue weighted by Gasteiger charge is -2.05. The van der Waals surface area contributed by atoms with E-state index in [1.807, 2.05) is 11.8 Å². The van der Waals surface area contributed by atoms with Crippen molar-refractivity contribution in [3.8, 4) is 0 Å². The monoisotopic (exact) mass is 220 g/mol. The zero-order valence-corrected chi connectivity index (χ0v) is 10.5. The zero-order chi connectivity index (χ0) is 10.9. The molecule has 0 heterocycles. The summed E-state index contributed by atoms with van der Waals surface area (Å²) in [5.74, 6) is 0. The summed E-state index contributed by atoms with van der Waals surface area (Å²) in [6.07, 6.45) is 7.42. The van der Waals surface area contributed by atoms with Crippen molar-refractivity contribution in [3.63, 3.8) is 0 Å². The van der Waals surface area contributed by atoms with E-state index in [1.54, 1.807) is 0 Å². The SMILES string of the molecule is C/C=C(/CCCCC)Sc1ccccc1. The molecule has 0 saturated carbocycles. The van der Waals surface area contributed by atoms with Crippen LogP contribution in [0.4, 0.5) is 0 Å². The van der Waals surface area contributed by atoms with Crippen LogP contribution in [-0.4, -0.2) is 0 Å². The van der Waals surface area contributed by atoms with Gasteiger partial charge in [0.2, 0.25) is 0 Å². The topological polar surface area (TPSA) is 0 Å². The zero-order valence-electron chi connectivity index (χ0n) is 9.70. The van der Waals surface area contributed by atoms with Crippen molar-refractivity contribution in [1.29, 1.82) is 0 Å². The minimum Gasteiger partial charge on any atom is -0.0949 e. The normalized spacial score (nSPS) is 11.7. The second-order valence-corrected chi connectivity index (χ2v) is 4.83. The van der Waals surface area contributed by atoms with Gasteiger partial charge in [0, 0.05) is 4.90 Å². The van der Waals surface area contributed by atoms with Gasteiger partial charge in [-0.05, 0) is 36.8 Å². The van der Waals surface area contributed by atoms with Crippen LogP contribution in [0.5, 0.6) is 0 Å². The number of rotatable bonds is 6. The Kier molecular flexibility index (Phi) is 6.26. The molecule has 1 aromatic carbocycles. The molecule has 1 rings (SSSR count). The summed E-state index contributed by atoms with van der Waals surface area (Å²) >= 11 is 1.90. The van der Waals surface area contributed by atoms with E-state index in [9.17, 15) is 0 Å². The molecule has 1 heteroatoms. The van der Waals surface area contributed by atoms with E-state index in [-0.39, 0.29) is 0 Å². The smallest absolute Gasteiger partial charge is 0.0118 e. The molecule has 0 saturated heterocycles. The van der Waals surface area contributed by atoms with E-state index >= 15 is 0 Å². The van der Waals surface area contributed by atoms with Gasteiger partial charge in [-0.1, -0.05) is 55.8 Å². The van der Waals surface area contributed by atoms with Crippen molar-refractivity contribution in [3.05, 3.63) is 41.3 Å². The third-order valence-corrected chi connectivity index (χ3v) is 3.55. The molecular formula is C14H20S. The summed E-state index contributed by atoms with van der Waals surface area (Å²) in [5.41, 5.74) is 0. The summed E-state index contributed by atoms with van der Waals surface area (Å²) in [6, 6.07) is 10.6. The Balaban J connectivity index is 2.41. The Hall–Kier alpha value is -0.690. The van der Waals surface area contributed by atoms with Gasteiger partial charge in [0.05, 0.1) is 0 Å². The molecule has 0 aromatic heterocycles. The first-order chi connectivity index (χ1) is 7.36. The van der Waals surface area contributed by atoms with E-state index in [1.165, 1.54) is 35.5 Å². The minimum atomic E-state index is 1.23. The number of hydrogen-bond donors (Lipinski definition) is 0. The quantitative estimate of drug-likeness (QED) is 0.465. The molecule has 15 heavy (non-hydrogen) atoms. The molecule has 0 radical (unpaired) electrons. The molecular weight excluding hydrogens is 200 g/mol. The van der Waals surface area contributed by atoms with Gasteiger partial charge in [-0.2, -0.15) is 0 Å². The summed E-state index contributed by atoms with van der Waals surface area (Å²) in [4.78, 5) is 2.84. The fraction of sp³-hybridized carbons (Fsp3) is 0.429. The largest absolute Gasteiger partial charge is 0.0949 e. The predicted molar refractivity (Wildman–Crippen MR) is 70.2 cm³/mol. The summed E-state index contributed by atoms with van der Waals surface area (Å²) in [5, 5.41) is 0. The van der Waals surface area contributed by atoms with Crippen LogP contribution in [0.1, 0.15) is 39.5 Å². The first-order valence-corrected chi connectivity index (χ1v) is 6.56. The Morgan fingerprint density at radius 3 is 2.53 bits per heavy atom. The first kappa shape index (κ1) is 12.4. The Labute approximate surface area is 97.8 Å². The molecule has 0 aliphatic heterocycles. The lowest BCUT2D eigenvalue weighted by Crippen LogP contribution is -1.80. The van der Waals surface area contributed by atoms with Gasteiger partial charge in [-0.3, -0.25) is 0 Å². The lowest BCUT2D eigenvalue weighted by molar-refractivity contribution is 0.725. The molecule has 0 unspecified atom stereocenters. The molecule has 82 valence electrons. The van der Waals surface area contributed by atoms with Gasteiger partial charge in [0.15, 0.2) is 0 Å². The summed E-state index contributed by atoms with van der Waals surface area (Å²) < 4.78 is 0. The summed E-state index contributed by atoms with van der Waals surface area (Å²) in [6.45, 7) is 4.39. The van der Waals surface area contributed by atoms with E-state index in [0.717, 1.165) is 0 Å². The molecule has 0 fully saturated rings. The highest BCUT2D eigenvalue weighted by molar-refractivity contribution is 8.03. The Morgan fingerprint density at radius 2 is 1.93 bits per heavy atom. The molecule has 0 atom stereocenters.